The van der Waals surface area contributed by atoms with E-state index in [0.29, 0.717) is 17.4 Å². The molecule has 1 unspecified atom stereocenters. The molecule has 0 spiro atoms. The molecule has 8 nitrogen and oxygen atoms in total. The zero-order valence-corrected chi connectivity index (χ0v) is 21.8. The third-order valence-electron chi connectivity index (χ3n) is 6.12. The lowest BCUT2D eigenvalue weighted by molar-refractivity contribution is -0.192. The number of hydrogen-bond donors (Lipinski definition) is 1. The fourth-order valence-electron chi connectivity index (χ4n) is 4.30. The van der Waals surface area contributed by atoms with Crippen molar-refractivity contribution in [3.8, 4) is 22.6 Å². The maximum atomic E-state index is 13.3. The summed E-state index contributed by atoms with van der Waals surface area (Å²) in [7, 11) is 5.80. The molecule has 1 fully saturated rings. The summed E-state index contributed by atoms with van der Waals surface area (Å²) in [5.41, 5.74) is 2.34. The normalized spacial score (nSPS) is 15.6. The average Bonchev–Trinajstić information content (AvgIpc) is 3.29. The Balaban J connectivity index is 0.000000532. The standard InChI is InChI=1S/C25H29FN4O2.C2HF3O2/c1-28(2)17-20-8-6-14-30(20)16-18-7-4-5-9-22(18)23-15-27-29(3)25(31)24(23)32-21-12-10-19(26)11-13-21;3-2(4,5)1(6)7/h4-5,7,9-13,15,20H,6,8,14,16-17H2,1-3H3;(H,6,7). The molecule has 0 aliphatic carbocycles. The molecule has 2 aromatic carbocycles. The summed E-state index contributed by atoms with van der Waals surface area (Å²) < 4.78 is 52.3. The van der Waals surface area contributed by atoms with Gasteiger partial charge in [-0.25, -0.2) is 13.9 Å². The van der Waals surface area contributed by atoms with E-state index in [9.17, 15) is 22.4 Å². The second-order valence-corrected chi connectivity index (χ2v) is 9.36. The van der Waals surface area contributed by atoms with E-state index in [1.807, 2.05) is 18.2 Å². The van der Waals surface area contributed by atoms with Crippen molar-refractivity contribution in [3.05, 3.63) is 76.5 Å². The van der Waals surface area contributed by atoms with Crippen molar-refractivity contribution >= 4 is 5.97 Å². The molecule has 0 bridgehead atoms. The van der Waals surface area contributed by atoms with Gasteiger partial charge in [-0.1, -0.05) is 24.3 Å². The van der Waals surface area contributed by atoms with Crippen molar-refractivity contribution < 1.29 is 32.2 Å². The number of likely N-dealkylation sites (tertiary alicyclic amines) is 1. The fourth-order valence-corrected chi connectivity index (χ4v) is 4.30. The van der Waals surface area contributed by atoms with Gasteiger partial charge in [0.2, 0.25) is 5.75 Å². The number of halogens is 4. The minimum absolute atomic E-state index is 0.188. The first-order valence-electron chi connectivity index (χ1n) is 12.1. The highest BCUT2D eigenvalue weighted by Crippen LogP contribution is 2.33. The monoisotopic (exact) mass is 550 g/mol. The quantitative estimate of drug-likeness (QED) is 0.433. The van der Waals surface area contributed by atoms with Gasteiger partial charge in [0.15, 0.2) is 0 Å². The summed E-state index contributed by atoms with van der Waals surface area (Å²) in [6.07, 6.45) is -1.04. The fraction of sp³-hybridized carbons (Fsp3) is 0.370. The Hall–Kier alpha value is -3.77. The molecule has 2 heterocycles. The first-order chi connectivity index (χ1) is 18.4. The molecule has 1 aromatic heterocycles. The molecule has 1 N–H and O–H groups in total. The average molecular weight is 551 g/mol. The van der Waals surface area contributed by atoms with Crippen LogP contribution in [0.1, 0.15) is 18.4 Å². The highest BCUT2D eigenvalue weighted by Gasteiger charge is 2.38. The van der Waals surface area contributed by atoms with E-state index in [2.05, 4.69) is 35.1 Å². The third kappa shape index (κ3) is 8.11. The Bertz CT molecular complexity index is 1330. The topological polar surface area (TPSA) is 87.9 Å². The highest BCUT2D eigenvalue weighted by atomic mass is 19.4. The minimum atomic E-state index is -5.08. The molecule has 210 valence electrons. The molecule has 4 rings (SSSR count). The Kier molecular flexibility index (Phi) is 9.81. The summed E-state index contributed by atoms with van der Waals surface area (Å²) in [5.74, 6) is -2.53. The van der Waals surface area contributed by atoms with E-state index in [4.69, 9.17) is 14.6 Å². The molecule has 1 aliphatic rings. The molecule has 0 amide bonds. The number of ether oxygens (including phenoxy) is 1. The number of carboxylic acids is 1. The van der Waals surface area contributed by atoms with Gasteiger partial charge in [0, 0.05) is 26.2 Å². The highest BCUT2D eigenvalue weighted by molar-refractivity contribution is 5.73. The molecular formula is C27H30F4N4O4. The van der Waals surface area contributed by atoms with Crippen molar-refractivity contribution in [1.29, 1.82) is 0 Å². The van der Waals surface area contributed by atoms with Crippen molar-refractivity contribution in [1.82, 2.24) is 19.6 Å². The van der Waals surface area contributed by atoms with E-state index < -0.39 is 12.1 Å². The number of aromatic nitrogens is 2. The van der Waals surface area contributed by atoms with Crippen molar-refractivity contribution in [2.24, 2.45) is 7.05 Å². The van der Waals surface area contributed by atoms with Gasteiger partial charge < -0.3 is 14.7 Å². The molecule has 0 radical (unpaired) electrons. The lowest BCUT2D eigenvalue weighted by Crippen LogP contribution is -2.37. The maximum Gasteiger partial charge on any atom is 0.490 e. The van der Waals surface area contributed by atoms with Gasteiger partial charge in [-0.2, -0.15) is 18.3 Å². The van der Waals surface area contributed by atoms with Gasteiger partial charge in [-0.05, 0) is 68.9 Å². The zero-order chi connectivity index (χ0) is 28.7. The molecule has 1 saturated heterocycles. The number of carbonyl (C=O) groups is 1. The summed E-state index contributed by atoms with van der Waals surface area (Å²) in [4.78, 5) is 26.6. The predicted octanol–water partition coefficient (Wildman–Crippen LogP) is 4.54. The van der Waals surface area contributed by atoms with Gasteiger partial charge in [0.25, 0.3) is 0 Å². The van der Waals surface area contributed by atoms with Crippen LogP contribution >= 0.6 is 0 Å². The Morgan fingerprint density at radius 2 is 1.77 bits per heavy atom. The SMILES string of the molecule is CN(C)CC1CCCN1Cc1ccccc1-c1cnn(C)c(=O)c1Oc1ccc(F)cc1.O=C(O)C(F)(F)F. The Morgan fingerprint density at radius 1 is 1.13 bits per heavy atom. The predicted molar refractivity (Wildman–Crippen MR) is 137 cm³/mol. The van der Waals surface area contributed by atoms with E-state index >= 15 is 0 Å². The number of nitrogens with zero attached hydrogens (tertiary/aromatic N) is 4. The lowest BCUT2D eigenvalue weighted by Gasteiger charge is -2.28. The van der Waals surface area contributed by atoms with Gasteiger partial charge >= 0.3 is 17.7 Å². The van der Waals surface area contributed by atoms with Crippen molar-refractivity contribution in [3.63, 3.8) is 0 Å². The van der Waals surface area contributed by atoms with Crippen LogP contribution in [0.25, 0.3) is 11.1 Å². The molecule has 1 aliphatic heterocycles. The largest absolute Gasteiger partial charge is 0.490 e. The molecule has 39 heavy (non-hydrogen) atoms. The van der Waals surface area contributed by atoms with Crippen LogP contribution in [0, 0.1) is 5.82 Å². The number of benzene rings is 2. The second kappa shape index (κ2) is 12.9. The summed E-state index contributed by atoms with van der Waals surface area (Å²) in [6.45, 7) is 2.87. The second-order valence-electron chi connectivity index (χ2n) is 9.36. The van der Waals surface area contributed by atoms with E-state index in [0.717, 1.165) is 30.8 Å². The van der Waals surface area contributed by atoms with E-state index in [-0.39, 0.29) is 17.1 Å². The summed E-state index contributed by atoms with van der Waals surface area (Å²) in [6, 6.07) is 14.2. The van der Waals surface area contributed by atoms with Crippen LogP contribution < -0.4 is 10.3 Å². The number of aryl methyl sites for hydroxylation is 1. The van der Waals surface area contributed by atoms with E-state index in [1.54, 1.807) is 13.2 Å². The number of hydrogen-bond acceptors (Lipinski definition) is 6. The molecule has 0 saturated carbocycles. The van der Waals surface area contributed by atoms with Crippen LogP contribution in [0.3, 0.4) is 0 Å². The van der Waals surface area contributed by atoms with Crippen molar-refractivity contribution in [2.45, 2.75) is 31.6 Å². The van der Waals surface area contributed by atoms with Gasteiger partial charge in [0.1, 0.15) is 11.6 Å². The molecule has 1 atom stereocenters. The van der Waals surface area contributed by atoms with Crippen LogP contribution in [0.15, 0.2) is 59.5 Å². The van der Waals surface area contributed by atoms with Gasteiger partial charge in [-0.15, -0.1) is 0 Å². The molecular weight excluding hydrogens is 520 g/mol. The molecule has 3 aromatic rings. The first kappa shape index (κ1) is 29.8. The van der Waals surface area contributed by atoms with Crippen LogP contribution in [0.2, 0.25) is 0 Å². The third-order valence-corrected chi connectivity index (χ3v) is 6.12. The summed E-state index contributed by atoms with van der Waals surface area (Å²) in [5, 5.41) is 11.4. The smallest absolute Gasteiger partial charge is 0.475 e. The van der Waals surface area contributed by atoms with Crippen LogP contribution in [-0.2, 0) is 18.4 Å². The van der Waals surface area contributed by atoms with E-state index in [1.165, 1.54) is 41.8 Å². The van der Waals surface area contributed by atoms with Gasteiger partial charge in [-0.3, -0.25) is 9.69 Å². The van der Waals surface area contributed by atoms with Crippen LogP contribution in [0.5, 0.6) is 11.5 Å². The first-order valence-corrected chi connectivity index (χ1v) is 12.1. The number of carboxylic acid groups (broad SMARTS) is 1. The number of aliphatic carboxylic acids is 1. The maximum absolute atomic E-state index is 13.3. The number of alkyl halides is 3. The number of likely N-dealkylation sites (N-methyl/N-ethyl adjacent to an activating group) is 1. The Labute approximate surface area is 223 Å². The summed E-state index contributed by atoms with van der Waals surface area (Å²) >= 11 is 0. The minimum Gasteiger partial charge on any atom is -0.475 e. The lowest BCUT2D eigenvalue weighted by atomic mass is 10.00. The molecule has 12 heteroatoms. The van der Waals surface area contributed by atoms with Crippen molar-refractivity contribution in [2.75, 3.05) is 27.2 Å². The van der Waals surface area contributed by atoms with Crippen LogP contribution in [0.4, 0.5) is 17.6 Å². The van der Waals surface area contributed by atoms with Gasteiger partial charge in [0.05, 0.1) is 11.8 Å². The number of rotatable bonds is 7. The van der Waals surface area contributed by atoms with Crippen LogP contribution in [-0.4, -0.2) is 70.1 Å². The Morgan fingerprint density at radius 3 is 2.38 bits per heavy atom. The zero-order valence-electron chi connectivity index (χ0n) is 21.8.